The molecule has 0 atom stereocenters. The Bertz CT molecular complexity index is 146. The van der Waals surface area contributed by atoms with E-state index in [4.69, 9.17) is 10.5 Å². The molecule has 0 aliphatic rings. The van der Waals surface area contributed by atoms with Gasteiger partial charge in [-0.25, -0.2) is 10.5 Å². The summed E-state index contributed by atoms with van der Waals surface area (Å²) in [5, 5.41) is 17.6. The van der Waals surface area contributed by atoms with Crippen LogP contribution in [0.1, 0.15) is 27.7 Å². The third-order valence-electron chi connectivity index (χ3n) is 0.993. The van der Waals surface area contributed by atoms with Crippen LogP contribution in [-0.4, -0.2) is 19.4 Å². The Labute approximate surface area is 75.6 Å². The Balaban J connectivity index is 0. The Morgan fingerprint density at radius 1 is 1.00 bits per heavy atom. The highest BCUT2D eigenvalue weighted by Crippen LogP contribution is 1.67. The molecule has 0 amide bonds. The van der Waals surface area contributed by atoms with E-state index in [0.717, 1.165) is 12.1 Å². The van der Waals surface area contributed by atoms with Crippen LogP contribution in [0.25, 0.3) is 0 Å². The molecule has 0 aromatic heterocycles. The second kappa shape index (κ2) is 10.0. The van der Waals surface area contributed by atoms with E-state index in [-0.39, 0.29) is 0 Å². The maximum Gasteiger partial charge on any atom is 0.179 e. The van der Waals surface area contributed by atoms with E-state index in [1.165, 1.54) is 0 Å². The molecule has 12 heavy (non-hydrogen) atoms. The van der Waals surface area contributed by atoms with Crippen molar-refractivity contribution in [2.45, 2.75) is 39.8 Å². The number of nitrogens with two attached hydrogens (primary N) is 1. The van der Waals surface area contributed by atoms with Gasteiger partial charge in [-0.15, -0.1) is 11.9 Å². The molecular formula is C8H18BN3. The fourth-order valence-electron chi connectivity index (χ4n) is 0.820. The fraction of sp³-hybridized carbons (Fsp3) is 0.750. The molecule has 0 heterocycles. The number of hydrogen-bond donors (Lipinski definition) is 1. The standard InChI is InChI=1S/C6H15N.C2H2BN2/c1-5(2)7-6(3)4;4-1-3-2-5/h5-7H,1-4H3;3H2/q;-1/p+1. The fourth-order valence-corrected chi connectivity index (χ4v) is 0.820. The minimum absolute atomic E-state index is 0.750. The van der Waals surface area contributed by atoms with Gasteiger partial charge in [0.1, 0.15) is 0 Å². The topological polar surface area (TPSA) is 64.2 Å². The van der Waals surface area contributed by atoms with Gasteiger partial charge in [0.15, 0.2) is 7.28 Å². The zero-order chi connectivity index (χ0) is 9.98. The van der Waals surface area contributed by atoms with Crippen molar-refractivity contribution in [2.24, 2.45) is 0 Å². The Kier molecular flexibility index (Phi) is 11.3. The van der Waals surface area contributed by atoms with Crippen LogP contribution in [0.4, 0.5) is 0 Å². The lowest BCUT2D eigenvalue weighted by atomic mass is 9.85. The molecule has 0 unspecified atom stereocenters. The summed E-state index contributed by atoms with van der Waals surface area (Å²) >= 11 is 0. The molecule has 0 aliphatic carbocycles. The number of rotatable bonds is 2. The van der Waals surface area contributed by atoms with Gasteiger partial charge in [0.05, 0.1) is 12.1 Å². The highest BCUT2D eigenvalue weighted by atomic mass is 14.9. The molecule has 0 aliphatic heterocycles. The highest BCUT2D eigenvalue weighted by molar-refractivity contribution is 6.53. The summed E-state index contributed by atoms with van der Waals surface area (Å²) in [7, 11) is -0.861. The van der Waals surface area contributed by atoms with Gasteiger partial charge >= 0.3 is 0 Å². The maximum atomic E-state index is 7.65. The van der Waals surface area contributed by atoms with Crippen LogP contribution in [0.3, 0.4) is 0 Å². The SMILES string of the molecule is CC(C)[NH2+]C(C)C.N#C[BH2-]C#N. The van der Waals surface area contributed by atoms with Crippen molar-refractivity contribution in [3.05, 3.63) is 0 Å². The van der Waals surface area contributed by atoms with Gasteiger partial charge in [0, 0.05) is 0 Å². The van der Waals surface area contributed by atoms with Crippen LogP contribution in [0.2, 0.25) is 0 Å². The summed E-state index contributed by atoms with van der Waals surface area (Å²) in [5.41, 5.74) is 0. The van der Waals surface area contributed by atoms with Crippen LogP contribution in [0, 0.1) is 22.5 Å². The Hall–Kier alpha value is -0.995. The van der Waals surface area contributed by atoms with Gasteiger partial charge in [-0.3, -0.25) is 0 Å². The van der Waals surface area contributed by atoms with Gasteiger partial charge in [-0.2, -0.15) is 0 Å². The number of quaternary nitrogens is 1. The summed E-state index contributed by atoms with van der Waals surface area (Å²) in [6.45, 7) is 8.83. The zero-order valence-electron chi connectivity index (χ0n) is 8.63. The summed E-state index contributed by atoms with van der Waals surface area (Å²) < 4.78 is 0. The van der Waals surface area contributed by atoms with Crippen LogP contribution in [0.15, 0.2) is 0 Å². The lowest BCUT2D eigenvalue weighted by Gasteiger charge is -2.06. The molecule has 2 N–H and O–H groups in total. The van der Waals surface area contributed by atoms with Crippen LogP contribution >= 0.6 is 0 Å². The summed E-state index contributed by atoms with van der Waals surface area (Å²) in [5.74, 6) is 3.56. The molecule has 0 bridgehead atoms. The van der Waals surface area contributed by atoms with Crippen molar-refractivity contribution in [1.82, 2.24) is 0 Å². The number of nitriles is 2. The minimum atomic E-state index is -0.861. The van der Waals surface area contributed by atoms with Crippen molar-refractivity contribution in [3.63, 3.8) is 0 Å². The van der Waals surface area contributed by atoms with Crippen molar-refractivity contribution in [1.29, 1.82) is 10.5 Å². The van der Waals surface area contributed by atoms with Gasteiger partial charge in [0.2, 0.25) is 0 Å². The molecule has 0 aromatic rings. The van der Waals surface area contributed by atoms with Crippen LogP contribution in [-0.2, 0) is 0 Å². The largest absolute Gasteiger partial charge is 0.342 e. The summed E-state index contributed by atoms with van der Waals surface area (Å²) in [6.07, 6.45) is 0. The van der Waals surface area contributed by atoms with Crippen LogP contribution in [0.5, 0.6) is 0 Å². The average Bonchev–Trinajstić information content (AvgIpc) is 1.87. The van der Waals surface area contributed by atoms with E-state index in [2.05, 4.69) is 33.0 Å². The van der Waals surface area contributed by atoms with Gasteiger partial charge < -0.3 is 5.32 Å². The van der Waals surface area contributed by atoms with Crippen LogP contribution < -0.4 is 5.32 Å². The maximum absolute atomic E-state index is 7.65. The van der Waals surface area contributed by atoms with Crippen molar-refractivity contribution >= 4 is 7.28 Å². The van der Waals surface area contributed by atoms with E-state index < -0.39 is 7.28 Å². The van der Waals surface area contributed by atoms with Gasteiger partial charge in [-0.05, 0) is 27.7 Å². The van der Waals surface area contributed by atoms with E-state index in [1.807, 2.05) is 0 Å². The van der Waals surface area contributed by atoms with E-state index in [0.29, 0.717) is 0 Å². The molecule has 68 valence electrons. The molecule has 0 spiro atoms. The van der Waals surface area contributed by atoms with Crippen molar-refractivity contribution < 1.29 is 5.32 Å². The molecule has 0 saturated heterocycles. The lowest BCUT2D eigenvalue weighted by Crippen LogP contribution is -2.92. The lowest BCUT2D eigenvalue weighted by molar-refractivity contribution is -0.709. The number of nitrogens with zero attached hydrogens (tertiary/aromatic N) is 2. The molecule has 0 saturated carbocycles. The third-order valence-corrected chi connectivity index (χ3v) is 0.993. The first kappa shape index (κ1) is 13.6. The Morgan fingerprint density at radius 2 is 1.33 bits per heavy atom. The van der Waals surface area contributed by atoms with Crippen molar-refractivity contribution in [2.75, 3.05) is 0 Å². The van der Waals surface area contributed by atoms with E-state index >= 15 is 0 Å². The van der Waals surface area contributed by atoms with Gasteiger partial charge in [-0.1, -0.05) is 0 Å². The molecule has 3 nitrogen and oxygen atoms in total. The predicted molar refractivity (Wildman–Crippen MR) is 52.0 cm³/mol. The summed E-state index contributed by atoms with van der Waals surface area (Å²) in [6, 6.07) is 1.50. The smallest absolute Gasteiger partial charge is 0.179 e. The third kappa shape index (κ3) is 23.0. The average molecular weight is 167 g/mol. The van der Waals surface area contributed by atoms with E-state index in [9.17, 15) is 0 Å². The monoisotopic (exact) mass is 167 g/mol. The normalized spacial score (nSPS) is 8.33. The molecule has 0 fully saturated rings. The highest BCUT2D eigenvalue weighted by Gasteiger charge is 1.96. The molecule has 0 rings (SSSR count). The molecule has 0 aromatic carbocycles. The predicted octanol–water partition coefficient (Wildman–Crippen LogP) is -0.516. The second-order valence-electron chi connectivity index (χ2n) is 3.38. The quantitative estimate of drug-likeness (QED) is 0.562. The molecule has 0 radical (unpaired) electrons. The zero-order valence-corrected chi connectivity index (χ0v) is 8.63. The molecular weight excluding hydrogens is 149 g/mol. The first-order valence-corrected chi connectivity index (χ1v) is 4.42. The first-order valence-electron chi connectivity index (χ1n) is 4.42. The second-order valence-corrected chi connectivity index (χ2v) is 3.38. The van der Waals surface area contributed by atoms with Crippen molar-refractivity contribution in [3.8, 4) is 11.9 Å². The minimum Gasteiger partial charge on any atom is -0.342 e. The van der Waals surface area contributed by atoms with Gasteiger partial charge in [0.25, 0.3) is 0 Å². The summed E-state index contributed by atoms with van der Waals surface area (Å²) in [4.78, 5) is 0. The first-order chi connectivity index (χ1) is 5.54. The molecule has 4 heteroatoms. The Morgan fingerprint density at radius 3 is 1.33 bits per heavy atom. The van der Waals surface area contributed by atoms with E-state index in [1.54, 1.807) is 11.9 Å². The number of hydrogen-bond acceptors (Lipinski definition) is 2.